The van der Waals surface area contributed by atoms with Gasteiger partial charge in [-0.1, -0.05) is 0 Å². The molecule has 0 aromatic heterocycles. The van der Waals surface area contributed by atoms with Gasteiger partial charge >= 0.3 is 0 Å². The molecule has 2 N–H and O–H groups in total. The molecule has 2 bridgehead atoms. The molecule has 4 aliphatic heterocycles. The number of Topliss-reactive ketones (excluding diaryl/α,β-unsaturated/α-hetero) is 1. The Hall–Kier alpha value is -2.32. The van der Waals surface area contributed by atoms with Crippen molar-refractivity contribution in [2.45, 2.75) is 68.2 Å². The van der Waals surface area contributed by atoms with Crippen LogP contribution in [0.2, 0.25) is 0 Å². The summed E-state index contributed by atoms with van der Waals surface area (Å²) in [6.07, 6.45) is -6.75. The monoisotopic (exact) mass is 523 g/mol. The van der Waals surface area contributed by atoms with Crippen LogP contribution < -0.4 is 9.47 Å². The predicted octanol–water partition coefficient (Wildman–Crippen LogP) is -0.288. The van der Waals surface area contributed by atoms with E-state index in [1.165, 1.54) is 26.2 Å². The summed E-state index contributed by atoms with van der Waals surface area (Å²) in [5, 5.41) is 21.0. The number of benzene rings is 1. The van der Waals surface area contributed by atoms with Crippen molar-refractivity contribution in [3.05, 3.63) is 23.3 Å². The summed E-state index contributed by atoms with van der Waals surface area (Å²) >= 11 is 0. The number of carbonyl (C=O) groups is 2. The predicted molar refractivity (Wildman–Crippen MR) is 124 cm³/mol. The van der Waals surface area contributed by atoms with E-state index in [1.54, 1.807) is 6.07 Å². The van der Waals surface area contributed by atoms with Gasteiger partial charge in [-0.3, -0.25) is 9.59 Å². The quantitative estimate of drug-likeness (QED) is 0.508. The van der Waals surface area contributed by atoms with Gasteiger partial charge in [-0.2, -0.15) is 0 Å². The van der Waals surface area contributed by atoms with Gasteiger partial charge in [-0.05, 0) is 29.7 Å². The number of amides is 1. The molecule has 204 valence electrons. The van der Waals surface area contributed by atoms with Gasteiger partial charge in [-0.15, -0.1) is 0 Å². The highest BCUT2D eigenvalue weighted by atomic mass is 16.7. The van der Waals surface area contributed by atoms with Crippen LogP contribution in [0.5, 0.6) is 11.5 Å². The van der Waals surface area contributed by atoms with Crippen molar-refractivity contribution in [3.8, 4) is 11.5 Å². The molecule has 1 amide bonds. The number of aliphatic hydroxyl groups is 2. The number of nitrogens with zero attached hydrogens (tertiary/aromatic N) is 1. The maximum atomic E-state index is 13.6. The summed E-state index contributed by atoms with van der Waals surface area (Å²) in [6.45, 7) is 0.224. The second kappa shape index (κ2) is 10.8. The number of carbonyl (C=O) groups excluding carboxylic acids is 2. The zero-order chi connectivity index (χ0) is 26.3. The van der Waals surface area contributed by atoms with Gasteiger partial charge in [0.15, 0.2) is 23.9 Å². The van der Waals surface area contributed by atoms with Crippen molar-refractivity contribution in [1.82, 2.24) is 4.90 Å². The molecule has 1 aromatic rings. The van der Waals surface area contributed by atoms with Crippen molar-refractivity contribution < 1.29 is 53.0 Å². The Balaban J connectivity index is 1.45. The third kappa shape index (κ3) is 4.71. The molecule has 37 heavy (non-hydrogen) atoms. The number of aliphatic hydroxyl groups excluding tert-OH is 2. The van der Waals surface area contributed by atoms with Gasteiger partial charge in [0.2, 0.25) is 6.79 Å². The first-order chi connectivity index (χ1) is 17.9. The van der Waals surface area contributed by atoms with Crippen LogP contribution >= 0.6 is 0 Å². The lowest BCUT2D eigenvalue weighted by Crippen LogP contribution is -2.62. The highest BCUT2D eigenvalue weighted by molar-refractivity contribution is 5.90. The molecule has 3 unspecified atom stereocenters. The number of ether oxygens (including phenoxy) is 7. The molecule has 0 radical (unpaired) electrons. The van der Waals surface area contributed by atoms with E-state index < -0.39 is 54.7 Å². The minimum atomic E-state index is -1.62. The van der Waals surface area contributed by atoms with E-state index in [1.807, 2.05) is 6.07 Å². The van der Waals surface area contributed by atoms with Crippen LogP contribution in [0.1, 0.15) is 29.9 Å². The number of rotatable bonds is 6. The third-order valence-corrected chi connectivity index (χ3v) is 7.66. The van der Waals surface area contributed by atoms with Gasteiger partial charge in [0, 0.05) is 46.8 Å². The van der Waals surface area contributed by atoms with E-state index in [0.717, 1.165) is 11.1 Å². The molecular weight excluding hydrogens is 490 g/mol. The van der Waals surface area contributed by atoms with Crippen molar-refractivity contribution in [3.63, 3.8) is 0 Å². The fourth-order valence-corrected chi connectivity index (χ4v) is 5.74. The molecule has 1 aromatic carbocycles. The highest BCUT2D eigenvalue weighted by Gasteiger charge is 2.50. The van der Waals surface area contributed by atoms with E-state index in [4.69, 9.17) is 33.2 Å². The first kappa shape index (κ1) is 26.3. The van der Waals surface area contributed by atoms with Gasteiger partial charge in [-0.25, -0.2) is 0 Å². The Morgan fingerprint density at radius 2 is 1.73 bits per heavy atom. The summed E-state index contributed by atoms with van der Waals surface area (Å²) < 4.78 is 39.7. The molecule has 12 nitrogen and oxygen atoms in total. The van der Waals surface area contributed by atoms with Crippen molar-refractivity contribution in [2.75, 3.05) is 41.3 Å². The molecule has 0 spiro atoms. The van der Waals surface area contributed by atoms with E-state index in [-0.39, 0.29) is 32.1 Å². The molecule has 2 fully saturated rings. The lowest BCUT2D eigenvalue weighted by Gasteiger charge is -2.45. The SMILES string of the molecule is COC1C(OC)[C@H](OC)[C@@H](CO)O[C@H]1O[C@@H]1CC(=O)C2CCN(Cc3cc4c(cc32)OCO4)C(=O)[C@@H]1O. The fourth-order valence-electron chi connectivity index (χ4n) is 5.74. The summed E-state index contributed by atoms with van der Waals surface area (Å²) in [7, 11) is 4.38. The normalized spacial score (nSPS) is 35.5. The Labute approximate surface area is 214 Å². The molecule has 2 saturated heterocycles. The lowest BCUT2D eigenvalue weighted by atomic mass is 9.86. The van der Waals surface area contributed by atoms with Gasteiger partial charge in [0.05, 0.1) is 6.61 Å². The average Bonchev–Trinajstić information content (AvgIpc) is 3.29. The molecule has 0 aliphatic carbocycles. The summed E-state index contributed by atoms with van der Waals surface area (Å²) in [4.78, 5) is 28.6. The van der Waals surface area contributed by atoms with Crippen LogP contribution in [-0.4, -0.2) is 111 Å². The number of hydrogen-bond donors (Lipinski definition) is 2. The molecule has 12 heteroatoms. The van der Waals surface area contributed by atoms with Crippen molar-refractivity contribution >= 4 is 11.7 Å². The van der Waals surface area contributed by atoms with Crippen molar-refractivity contribution in [2.24, 2.45) is 0 Å². The largest absolute Gasteiger partial charge is 0.454 e. The van der Waals surface area contributed by atoms with Gasteiger partial charge < -0.3 is 48.3 Å². The Morgan fingerprint density at radius 1 is 1.03 bits per heavy atom. The molecule has 8 atom stereocenters. The third-order valence-electron chi connectivity index (χ3n) is 7.66. The molecule has 4 aliphatic rings. The van der Waals surface area contributed by atoms with Crippen LogP contribution in [0, 0.1) is 0 Å². The molecular formula is C25H33NO11. The first-order valence-electron chi connectivity index (χ1n) is 12.3. The zero-order valence-corrected chi connectivity index (χ0v) is 21.0. The number of fused-ring (bicyclic) bond motifs is 6. The summed E-state index contributed by atoms with van der Waals surface area (Å²) in [5.74, 6) is -0.113. The van der Waals surface area contributed by atoms with Crippen LogP contribution in [0.25, 0.3) is 0 Å². The lowest BCUT2D eigenvalue weighted by molar-refractivity contribution is -0.325. The standard InChI is InChI=1S/C25H33NO11/c1-31-21-19(10-27)37-25(23(33-3)22(21)32-2)36-18-8-15(28)13-4-5-26(24(30)20(18)29)9-12-6-16-17(7-14(12)13)35-11-34-16/h6-7,13,18-23,25,27,29H,4-5,8-11H2,1-3H3/t13?,18-,19-,20-,21-,22?,23?,25-/m1/s1. The topological polar surface area (TPSA) is 142 Å². The smallest absolute Gasteiger partial charge is 0.254 e. The minimum Gasteiger partial charge on any atom is -0.454 e. The Bertz CT molecular complexity index is 1020. The van der Waals surface area contributed by atoms with Crippen LogP contribution in [0.15, 0.2) is 12.1 Å². The molecule has 4 heterocycles. The van der Waals surface area contributed by atoms with Crippen LogP contribution in [0.4, 0.5) is 0 Å². The average molecular weight is 524 g/mol. The summed E-state index contributed by atoms with van der Waals surface area (Å²) in [6, 6.07) is 3.62. The maximum absolute atomic E-state index is 13.6. The zero-order valence-electron chi connectivity index (χ0n) is 21.0. The maximum Gasteiger partial charge on any atom is 0.254 e. The molecule has 5 rings (SSSR count). The minimum absolute atomic E-state index is 0.0946. The number of methoxy groups -OCH3 is 3. The van der Waals surface area contributed by atoms with E-state index in [9.17, 15) is 19.8 Å². The summed E-state index contributed by atoms with van der Waals surface area (Å²) in [5.41, 5.74) is 1.57. The van der Waals surface area contributed by atoms with Crippen molar-refractivity contribution in [1.29, 1.82) is 0 Å². The number of hydrogen-bond acceptors (Lipinski definition) is 11. The van der Waals surface area contributed by atoms with E-state index in [2.05, 4.69) is 0 Å². The van der Waals surface area contributed by atoms with Crippen LogP contribution in [-0.2, 0) is 39.8 Å². The van der Waals surface area contributed by atoms with Gasteiger partial charge in [0.1, 0.15) is 36.3 Å². The Morgan fingerprint density at radius 3 is 2.41 bits per heavy atom. The number of ketones is 1. The highest BCUT2D eigenvalue weighted by Crippen LogP contribution is 2.42. The van der Waals surface area contributed by atoms with Crippen LogP contribution in [0.3, 0.4) is 0 Å². The van der Waals surface area contributed by atoms with Gasteiger partial charge in [0.25, 0.3) is 5.91 Å². The fraction of sp³-hybridized carbons (Fsp3) is 0.680. The van der Waals surface area contributed by atoms with E-state index >= 15 is 0 Å². The first-order valence-corrected chi connectivity index (χ1v) is 12.3. The molecule has 0 saturated carbocycles. The van der Waals surface area contributed by atoms with E-state index in [0.29, 0.717) is 24.5 Å². The second-order valence-electron chi connectivity index (χ2n) is 9.62. The second-order valence-corrected chi connectivity index (χ2v) is 9.62. The Kier molecular flexibility index (Phi) is 7.68.